The Morgan fingerprint density at radius 1 is 1.25 bits per heavy atom. The highest BCUT2D eigenvalue weighted by molar-refractivity contribution is 4.70. The van der Waals surface area contributed by atoms with E-state index in [-0.39, 0.29) is 0 Å². The summed E-state index contributed by atoms with van der Waals surface area (Å²) < 4.78 is 0. The van der Waals surface area contributed by atoms with Gasteiger partial charge in [-0.15, -0.1) is 0 Å². The zero-order chi connectivity index (χ0) is 8.81. The minimum atomic E-state index is 0.660. The summed E-state index contributed by atoms with van der Waals surface area (Å²) in [4.78, 5) is 2.58. The van der Waals surface area contributed by atoms with E-state index in [1.165, 1.54) is 38.9 Å². The molecule has 0 unspecified atom stereocenters. The minimum absolute atomic E-state index is 0.660. The molecule has 1 rings (SSSR count). The van der Waals surface area contributed by atoms with Crippen LogP contribution in [-0.4, -0.2) is 37.1 Å². The summed E-state index contributed by atoms with van der Waals surface area (Å²) in [6.07, 6.45) is 4.24. The zero-order valence-electron chi connectivity index (χ0n) is 8.47. The molecule has 0 spiro atoms. The predicted molar refractivity (Wildman–Crippen MR) is 53.4 cm³/mol. The van der Waals surface area contributed by atoms with Crippen LogP contribution in [-0.2, 0) is 0 Å². The second-order valence-electron chi connectivity index (χ2n) is 3.82. The van der Waals surface area contributed by atoms with E-state index in [1.807, 2.05) is 0 Å². The van der Waals surface area contributed by atoms with Crippen molar-refractivity contribution in [2.45, 2.75) is 39.2 Å². The van der Waals surface area contributed by atoms with Crippen LogP contribution in [0.2, 0.25) is 0 Å². The first-order valence-corrected chi connectivity index (χ1v) is 5.28. The van der Waals surface area contributed by atoms with Gasteiger partial charge in [0.25, 0.3) is 0 Å². The van der Waals surface area contributed by atoms with Gasteiger partial charge in [-0.25, -0.2) is 0 Å². The van der Waals surface area contributed by atoms with Gasteiger partial charge in [0.1, 0.15) is 0 Å². The summed E-state index contributed by atoms with van der Waals surface area (Å²) in [5.41, 5.74) is 0. The summed E-state index contributed by atoms with van der Waals surface area (Å²) in [6.45, 7) is 9.40. The molecule has 0 aliphatic carbocycles. The normalized spacial score (nSPS) is 22.5. The first-order chi connectivity index (χ1) is 5.83. The van der Waals surface area contributed by atoms with E-state index in [1.54, 1.807) is 0 Å². The largest absolute Gasteiger partial charge is 0.313 e. The lowest BCUT2D eigenvalue weighted by Gasteiger charge is -2.29. The molecule has 1 N–H and O–H groups in total. The molecule has 1 fully saturated rings. The summed E-state index contributed by atoms with van der Waals surface area (Å²) >= 11 is 0. The Labute approximate surface area is 76.3 Å². The van der Waals surface area contributed by atoms with E-state index in [0.717, 1.165) is 6.54 Å². The maximum atomic E-state index is 3.45. The third-order valence-corrected chi connectivity index (χ3v) is 2.53. The van der Waals surface area contributed by atoms with Gasteiger partial charge in [0, 0.05) is 12.6 Å². The highest BCUT2D eigenvalue weighted by Gasteiger charge is 2.11. The number of likely N-dealkylation sites (tertiary alicyclic amines) is 1. The second-order valence-corrected chi connectivity index (χ2v) is 3.82. The Morgan fingerprint density at radius 3 is 2.50 bits per heavy atom. The number of likely N-dealkylation sites (N-methyl/N-ethyl adjacent to an activating group) is 1. The summed E-state index contributed by atoms with van der Waals surface area (Å²) in [7, 11) is 0. The molecule has 1 saturated heterocycles. The quantitative estimate of drug-likeness (QED) is 0.687. The van der Waals surface area contributed by atoms with Crippen molar-refractivity contribution in [2.75, 3.05) is 26.2 Å². The molecule has 1 aliphatic heterocycles. The van der Waals surface area contributed by atoms with Crippen molar-refractivity contribution in [1.29, 1.82) is 0 Å². The molecule has 2 nitrogen and oxygen atoms in total. The highest BCUT2D eigenvalue weighted by atomic mass is 15.1. The second kappa shape index (κ2) is 5.55. The van der Waals surface area contributed by atoms with Crippen LogP contribution >= 0.6 is 0 Å². The lowest BCUT2D eigenvalue weighted by Crippen LogP contribution is -2.41. The van der Waals surface area contributed by atoms with Crippen LogP contribution in [0.5, 0.6) is 0 Å². The molecule has 12 heavy (non-hydrogen) atoms. The Bertz CT molecular complexity index is 108. The Kier molecular flexibility index (Phi) is 4.62. The standard InChI is InChI=1S/C10H22N2/c1-3-11-10(2)9-12-7-5-4-6-8-12/h10-11H,3-9H2,1-2H3/t10-/m1/s1. The van der Waals surface area contributed by atoms with E-state index < -0.39 is 0 Å². The number of nitrogens with one attached hydrogen (secondary N) is 1. The van der Waals surface area contributed by atoms with Crippen molar-refractivity contribution in [2.24, 2.45) is 0 Å². The third-order valence-electron chi connectivity index (χ3n) is 2.53. The van der Waals surface area contributed by atoms with Crippen LogP contribution in [0, 0.1) is 0 Å². The Hall–Kier alpha value is -0.0800. The molecule has 1 atom stereocenters. The van der Waals surface area contributed by atoms with E-state index in [9.17, 15) is 0 Å². The monoisotopic (exact) mass is 170 g/mol. The maximum absolute atomic E-state index is 3.45. The van der Waals surface area contributed by atoms with Gasteiger partial charge in [0.2, 0.25) is 0 Å². The van der Waals surface area contributed by atoms with Crippen molar-refractivity contribution in [3.05, 3.63) is 0 Å². The maximum Gasteiger partial charge on any atom is 0.0166 e. The molecule has 0 aromatic carbocycles. The third kappa shape index (κ3) is 3.55. The summed E-state index contributed by atoms with van der Waals surface area (Å²) in [5, 5.41) is 3.45. The Morgan fingerprint density at radius 2 is 1.92 bits per heavy atom. The molecule has 0 amide bonds. The lowest BCUT2D eigenvalue weighted by atomic mass is 10.1. The van der Waals surface area contributed by atoms with Crippen LogP contribution in [0.1, 0.15) is 33.1 Å². The van der Waals surface area contributed by atoms with Crippen LogP contribution in [0.4, 0.5) is 0 Å². The summed E-state index contributed by atoms with van der Waals surface area (Å²) in [6, 6.07) is 0.660. The smallest absolute Gasteiger partial charge is 0.0166 e. The number of nitrogens with zero attached hydrogens (tertiary/aromatic N) is 1. The van der Waals surface area contributed by atoms with E-state index in [2.05, 4.69) is 24.1 Å². The van der Waals surface area contributed by atoms with Crippen LogP contribution in [0.25, 0.3) is 0 Å². The van der Waals surface area contributed by atoms with Crippen LogP contribution in [0.3, 0.4) is 0 Å². The molecule has 1 aliphatic rings. The molecule has 0 radical (unpaired) electrons. The first-order valence-electron chi connectivity index (χ1n) is 5.28. The van der Waals surface area contributed by atoms with E-state index in [4.69, 9.17) is 0 Å². The summed E-state index contributed by atoms with van der Waals surface area (Å²) in [5.74, 6) is 0. The fourth-order valence-corrected chi connectivity index (χ4v) is 1.94. The van der Waals surface area contributed by atoms with Crippen LogP contribution in [0.15, 0.2) is 0 Å². The first kappa shape index (κ1) is 10.0. The SMILES string of the molecule is CCN[C@H](C)CN1CCCCC1. The van der Waals surface area contributed by atoms with E-state index in [0.29, 0.717) is 6.04 Å². The molecule has 2 heteroatoms. The topological polar surface area (TPSA) is 15.3 Å². The minimum Gasteiger partial charge on any atom is -0.313 e. The molecular weight excluding hydrogens is 148 g/mol. The molecule has 72 valence electrons. The lowest BCUT2D eigenvalue weighted by molar-refractivity contribution is 0.210. The fraction of sp³-hybridized carbons (Fsp3) is 1.00. The van der Waals surface area contributed by atoms with Crippen molar-refractivity contribution < 1.29 is 0 Å². The number of hydrogen-bond acceptors (Lipinski definition) is 2. The predicted octanol–water partition coefficient (Wildman–Crippen LogP) is 1.47. The van der Waals surface area contributed by atoms with Gasteiger partial charge in [0.15, 0.2) is 0 Å². The van der Waals surface area contributed by atoms with Gasteiger partial charge in [-0.2, -0.15) is 0 Å². The molecule has 0 saturated carbocycles. The average Bonchev–Trinajstić information content (AvgIpc) is 2.06. The molecular formula is C10H22N2. The number of hydrogen-bond donors (Lipinski definition) is 1. The van der Waals surface area contributed by atoms with Gasteiger partial charge < -0.3 is 10.2 Å². The van der Waals surface area contributed by atoms with Gasteiger partial charge in [-0.1, -0.05) is 13.3 Å². The van der Waals surface area contributed by atoms with Gasteiger partial charge >= 0.3 is 0 Å². The van der Waals surface area contributed by atoms with Gasteiger partial charge in [0.05, 0.1) is 0 Å². The van der Waals surface area contributed by atoms with Crippen molar-refractivity contribution in [1.82, 2.24) is 10.2 Å². The van der Waals surface area contributed by atoms with E-state index >= 15 is 0 Å². The van der Waals surface area contributed by atoms with Crippen molar-refractivity contribution in [3.63, 3.8) is 0 Å². The molecule has 1 heterocycles. The fourth-order valence-electron chi connectivity index (χ4n) is 1.94. The number of rotatable bonds is 4. The number of piperidine rings is 1. The molecule has 0 aromatic rings. The van der Waals surface area contributed by atoms with Gasteiger partial charge in [-0.05, 0) is 39.4 Å². The highest BCUT2D eigenvalue weighted by Crippen LogP contribution is 2.08. The van der Waals surface area contributed by atoms with Gasteiger partial charge in [-0.3, -0.25) is 0 Å². The zero-order valence-corrected chi connectivity index (χ0v) is 8.47. The average molecular weight is 170 g/mol. The van der Waals surface area contributed by atoms with Crippen LogP contribution < -0.4 is 5.32 Å². The molecule has 0 aromatic heterocycles. The molecule has 0 bridgehead atoms. The van der Waals surface area contributed by atoms with Crippen molar-refractivity contribution in [3.8, 4) is 0 Å². The Balaban J connectivity index is 2.11. The van der Waals surface area contributed by atoms with Crippen molar-refractivity contribution >= 4 is 0 Å².